The highest BCUT2D eigenvalue weighted by Gasteiger charge is 2.17. The highest BCUT2D eigenvalue weighted by Crippen LogP contribution is 2.30. The molecule has 0 aliphatic heterocycles. The zero-order valence-corrected chi connectivity index (χ0v) is 10.7. The van der Waals surface area contributed by atoms with Crippen LogP contribution in [0.1, 0.15) is 0 Å². The standard InChI is InChI=1S/C9H10BrFN4O3/c10-5-3-7(13-1-2-14-9(12)16)8(15(17)18)4-6(5)11/h3-4,13H,1-2H2,(H3,12,14,16). The minimum atomic E-state index is -0.720. The number of hydrogen-bond acceptors (Lipinski definition) is 4. The fourth-order valence-corrected chi connectivity index (χ4v) is 1.56. The predicted molar refractivity (Wildman–Crippen MR) is 66.8 cm³/mol. The van der Waals surface area contributed by atoms with Crippen LogP contribution >= 0.6 is 15.9 Å². The summed E-state index contributed by atoms with van der Waals surface area (Å²) >= 11 is 2.93. The van der Waals surface area contributed by atoms with E-state index < -0.39 is 16.8 Å². The van der Waals surface area contributed by atoms with Crippen LogP contribution in [0.4, 0.5) is 20.6 Å². The third kappa shape index (κ3) is 3.84. The second-order valence-electron chi connectivity index (χ2n) is 3.26. The molecule has 0 aliphatic rings. The summed E-state index contributed by atoms with van der Waals surface area (Å²) < 4.78 is 13.3. The van der Waals surface area contributed by atoms with E-state index in [1.165, 1.54) is 6.07 Å². The van der Waals surface area contributed by atoms with Gasteiger partial charge in [-0.2, -0.15) is 0 Å². The number of primary amides is 1. The molecule has 4 N–H and O–H groups in total. The number of carbonyl (C=O) groups excluding carboxylic acids is 1. The molecular weight excluding hydrogens is 311 g/mol. The van der Waals surface area contributed by atoms with Crippen molar-refractivity contribution in [3.8, 4) is 0 Å². The maximum absolute atomic E-state index is 13.2. The van der Waals surface area contributed by atoms with Gasteiger partial charge in [0, 0.05) is 13.1 Å². The summed E-state index contributed by atoms with van der Waals surface area (Å²) in [5.74, 6) is -0.720. The first-order chi connectivity index (χ1) is 8.41. The fourth-order valence-electron chi connectivity index (χ4n) is 1.21. The fraction of sp³-hybridized carbons (Fsp3) is 0.222. The Morgan fingerprint density at radius 1 is 1.50 bits per heavy atom. The number of rotatable bonds is 5. The average molecular weight is 321 g/mol. The van der Waals surface area contributed by atoms with Crippen molar-refractivity contribution in [2.24, 2.45) is 5.73 Å². The van der Waals surface area contributed by atoms with E-state index in [9.17, 15) is 19.3 Å². The van der Waals surface area contributed by atoms with Crippen LogP contribution in [0.3, 0.4) is 0 Å². The maximum atomic E-state index is 13.2. The number of nitrogens with zero attached hydrogens (tertiary/aromatic N) is 1. The van der Waals surface area contributed by atoms with Gasteiger partial charge in [-0.25, -0.2) is 9.18 Å². The van der Waals surface area contributed by atoms with Crippen LogP contribution in [0.2, 0.25) is 0 Å². The van der Waals surface area contributed by atoms with Crippen LogP contribution in [0, 0.1) is 15.9 Å². The Morgan fingerprint density at radius 3 is 2.72 bits per heavy atom. The van der Waals surface area contributed by atoms with Crippen molar-refractivity contribution in [2.75, 3.05) is 18.4 Å². The molecule has 0 atom stereocenters. The number of carbonyl (C=O) groups is 1. The monoisotopic (exact) mass is 320 g/mol. The number of amides is 2. The van der Waals surface area contributed by atoms with E-state index in [1.807, 2.05) is 0 Å². The Labute approximate surface area is 110 Å². The van der Waals surface area contributed by atoms with Gasteiger partial charge in [0.15, 0.2) is 0 Å². The van der Waals surface area contributed by atoms with E-state index in [2.05, 4.69) is 26.6 Å². The third-order valence-electron chi connectivity index (χ3n) is 1.97. The van der Waals surface area contributed by atoms with Crippen LogP contribution in [0.25, 0.3) is 0 Å². The molecule has 0 saturated carbocycles. The third-order valence-corrected chi connectivity index (χ3v) is 2.58. The van der Waals surface area contributed by atoms with Gasteiger partial charge in [-0.15, -0.1) is 0 Å². The van der Waals surface area contributed by atoms with E-state index in [1.54, 1.807) is 0 Å². The lowest BCUT2D eigenvalue weighted by molar-refractivity contribution is -0.384. The van der Waals surface area contributed by atoms with Crippen molar-refractivity contribution in [1.82, 2.24) is 5.32 Å². The van der Waals surface area contributed by atoms with Crippen LogP contribution in [0.15, 0.2) is 16.6 Å². The van der Waals surface area contributed by atoms with Crippen molar-refractivity contribution in [2.45, 2.75) is 0 Å². The summed E-state index contributed by atoms with van der Waals surface area (Å²) in [5, 5.41) is 15.7. The topological polar surface area (TPSA) is 110 Å². The number of nitrogens with two attached hydrogens (primary N) is 1. The molecule has 0 fully saturated rings. The van der Waals surface area contributed by atoms with Crippen molar-refractivity contribution >= 4 is 33.3 Å². The van der Waals surface area contributed by atoms with Gasteiger partial charge in [-0.3, -0.25) is 10.1 Å². The second kappa shape index (κ2) is 6.15. The van der Waals surface area contributed by atoms with Gasteiger partial charge >= 0.3 is 6.03 Å². The van der Waals surface area contributed by atoms with Crippen molar-refractivity contribution in [3.05, 3.63) is 32.5 Å². The molecule has 1 rings (SSSR count). The van der Waals surface area contributed by atoms with Gasteiger partial charge in [0.25, 0.3) is 5.69 Å². The highest BCUT2D eigenvalue weighted by atomic mass is 79.9. The van der Waals surface area contributed by atoms with Crippen molar-refractivity contribution < 1.29 is 14.1 Å². The molecule has 0 radical (unpaired) electrons. The Kier molecular flexibility index (Phi) is 4.84. The summed E-state index contributed by atoms with van der Waals surface area (Å²) in [5.41, 5.74) is 4.62. The summed E-state index contributed by atoms with van der Waals surface area (Å²) in [4.78, 5) is 20.4. The first-order valence-corrected chi connectivity index (χ1v) is 5.61. The molecule has 1 aromatic carbocycles. The summed E-state index contributed by atoms with van der Waals surface area (Å²) in [6, 6.07) is 1.39. The molecule has 98 valence electrons. The minimum absolute atomic E-state index is 0.110. The van der Waals surface area contributed by atoms with Crippen LogP contribution in [0.5, 0.6) is 0 Å². The SMILES string of the molecule is NC(=O)NCCNc1cc(Br)c(F)cc1[N+](=O)[O-]. The van der Waals surface area contributed by atoms with Gasteiger partial charge in [-0.1, -0.05) is 0 Å². The smallest absolute Gasteiger partial charge is 0.312 e. The Hall–Kier alpha value is -1.90. The predicted octanol–water partition coefficient (Wildman–Crippen LogP) is 1.58. The highest BCUT2D eigenvalue weighted by molar-refractivity contribution is 9.10. The Morgan fingerprint density at radius 2 is 2.17 bits per heavy atom. The molecule has 18 heavy (non-hydrogen) atoms. The van der Waals surface area contributed by atoms with E-state index in [-0.39, 0.29) is 28.9 Å². The number of nitro groups is 1. The molecule has 0 aliphatic carbocycles. The molecule has 0 heterocycles. The average Bonchev–Trinajstić information content (AvgIpc) is 2.28. The lowest BCUT2D eigenvalue weighted by Gasteiger charge is -2.08. The molecule has 1 aromatic rings. The van der Waals surface area contributed by atoms with Crippen LogP contribution in [-0.4, -0.2) is 24.0 Å². The molecule has 0 spiro atoms. The number of anilines is 1. The first kappa shape index (κ1) is 14.2. The largest absolute Gasteiger partial charge is 0.378 e. The number of urea groups is 1. The number of benzene rings is 1. The molecule has 2 amide bonds. The molecule has 0 unspecified atom stereocenters. The van der Waals surface area contributed by atoms with Gasteiger partial charge in [-0.05, 0) is 22.0 Å². The first-order valence-electron chi connectivity index (χ1n) is 4.82. The van der Waals surface area contributed by atoms with Crippen LogP contribution < -0.4 is 16.4 Å². The summed E-state index contributed by atoms with van der Waals surface area (Å²) in [7, 11) is 0. The molecular formula is C9H10BrFN4O3. The normalized spacial score (nSPS) is 9.89. The zero-order valence-electron chi connectivity index (χ0n) is 9.07. The van der Waals surface area contributed by atoms with Gasteiger partial charge in [0.1, 0.15) is 11.5 Å². The summed E-state index contributed by atoms with van der Waals surface area (Å²) in [6.07, 6.45) is 0. The quantitative estimate of drug-likeness (QED) is 0.434. The second-order valence-corrected chi connectivity index (χ2v) is 4.11. The molecule has 0 bridgehead atoms. The number of hydrogen-bond donors (Lipinski definition) is 3. The molecule has 7 nitrogen and oxygen atoms in total. The Bertz CT molecular complexity index is 483. The molecule has 0 aromatic heterocycles. The van der Waals surface area contributed by atoms with E-state index in [0.717, 1.165) is 6.07 Å². The lowest BCUT2D eigenvalue weighted by Crippen LogP contribution is -2.33. The van der Waals surface area contributed by atoms with Crippen LogP contribution in [-0.2, 0) is 0 Å². The zero-order chi connectivity index (χ0) is 13.7. The Balaban J connectivity index is 2.77. The molecule has 0 saturated heterocycles. The maximum Gasteiger partial charge on any atom is 0.312 e. The van der Waals surface area contributed by atoms with Gasteiger partial charge in [0.05, 0.1) is 15.5 Å². The minimum Gasteiger partial charge on any atom is -0.378 e. The van der Waals surface area contributed by atoms with Crippen molar-refractivity contribution in [1.29, 1.82) is 0 Å². The number of nitro benzene ring substituents is 1. The lowest BCUT2D eigenvalue weighted by atomic mass is 10.2. The molecule has 9 heteroatoms. The van der Waals surface area contributed by atoms with Crippen molar-refractivity contribution in [3.63, 3.8) is 0 Å². The van der Waals surface area contributed by atoms with Gasteiger partial charge < -0.3 is 16.4 Å². The van der Waals surface area contributed by atoms with E-state index >= 15 is 0 Å². The number of nitrogens with one attached hydrogen (secondary N) is 2. The van der Waals surface area contributed by atoms with E-state index in [4.69, 9.17) is 5.73 Å². The summed E-state index contributed by atoms with van der Waals surface area (Å²) in [6.45, 7) is 0.420. The number of halogens is 2. The van der Waals surface area contributed by atoms with Gasteiger partial charge in [0.2, 0.25) is 0 Å². The van der Waals surface area contributed by atoms with E-state index in [0.29, 0.717) is 0 Å².